The van der Waals surface area contributed by atoms with Crippen LogP contribution in [-0.4, -0.2) is 24.3 Å². The van der Waals surface area contributed by atoms with E-state index in [1.165, 1.54) is 83.2 Å². The molecule has 0 saturated carbocycles. The Hall–Kier alpha value is -6.63. The van der Waals surface area contributed by atoms with Crippen LogP contribution in [0, 0.1) is 0 Å². The van der Waals surface area contributed by atoms with Gasteiger partial charge in [0.15, 0.2) is 0 Å². The van der Waals surface area contributed by atoms with Crippen LogP contribution in [0.5, 0.6) is 11.5 Å². The predicted molar refractivity (Wildman–Crippen MR) is 309 cm³/mol. The molecule has 5 nitrogen and oxygen atoms in total. The van der Waals surface area contributed by atoms with Gasteiger partial charge in [-0.25, -0.2) is 4.98 Å². The van der Waals surface area contributed by atoms with Crippen LogP contribution in [0.25, 0.3) is 45.1 Å². The summed E-state index contributed by atoms with van der Waals surface area (Å²) in [6, 6.07) is 50.1. The first-order chi connectivity index (χ1) is 34.0. The first-order valence-corrected chi connectivity index (χ1v) is 29.2. The van der Waals surface area contributed by atoms with Gasteiger partial charge in [0.1, 0.15) is 24.0 Å². The Morgan fingerprint density at radius 3 is 1.82 bits per heavy atom. The number of anilines is 4. The molecule has 6 heteroatoms. The van der Waals surface area contributed by atoms with E-state index in [-0.39, 0.29) is 21.7 Å². The van der Waals surface area contributed by atoms with Gasteiger partial charge in [-0.05, 0) is 138 Å². The van der Waals surface area contributed by atoms with E-state index in [9.17, 15) is 0 Å². The topological polar surface area (TPSA) is 33.5 Å². The molecule has 3 aliphatic rings. The van der Waals surface area contributed by atoms with Crippen molar-refractivity contribution in [2.75, 3.05) is 16.5 Å². The Bertz CT molecular complexity index is 3440. The highest BCUT2D eigenvalue weighted by molar-refractivity contribution is 6.94. The van der Waals surface area contributed by atoms with Crippen molar-refractivity contribution in [1.29, 1.82) is 0 Å². The van der Waals surface area contributed by atoms with Crippen LogP contribution in [0.2, 0.25) is 13.1 Å². The van der Waals surface area contributed by atoms with Crippen molar-refractivity contribution >= 4 is 53.0 Å². The van der Waals surface area contributed by atoms with E-state index in [2.05, 4.69) is 256 Å². The summed E-state index contributed by atoms with van der Waals surface area (Å²) < 4.78 is 9.52. The van der Waals surface area contributed by atoms with E-state index < -0.39 is 8.07 Å². The third kappa shape index (κ3) is 8.11. The van der Waals surface area contributed by atoms with Crippen LogP contribution in [0.4, 0.5) is 22.7 Å². The molecule has 366 valence electrons. The summed E-state index contributed by atoms with van der Waals surface area (Å²) in [5.41, 5.74) is 19.2. The lowest BCUT2D eigenvalue weighted by molar-refractivity contribution is 0.483. The Balaban J connectivity index is 1.04. The molecule has 0 saturated heterocycles. The van der Waals surface area contributed by atoms with E-state index in [1.807, 2.05) is 6.20 Å². The van der Waals surface area contributed by atoms with Gasteiger partial charge in [-0.15, -0.1) is 0 Å². The number of hydrogen-bond acceptors (Lipinski definition) is 4. The summed E-state index contributed by atoms with van der Waals surface area (Å²) in [7, 11) is -1.90. The molecule has 0 fully saturated rings. The number of allylic oxidation sites excluding steroid dienone is 1. The molecule has 0 N–H and O–H groups in total. The van der Waals surface area contributed by atoms with Crippen molar-refractivity contribution in [3.8, 4) is 39.6 Å². The van der Waals surface area contributed by atoms with Crippen molar-refractivity contribution in [2.45, 2.75) is 130 Å². The van der Waals surface area contributed by atoms with Gasteiger partial charge in [0, 0.05) is 40.5 Å². The fourth-order valence-electron chi connectivity index (χ4n) is 11.6. The molecule has 1 atom stereocenters. The third-order valence-electron chi connectivity index (χ3n) is 15.9. The number of hydrogen-bond donors (Lipinski definition) is 0. The third-order valence-corrected chi connectivity index (χ3v) is 20.0. The summed E-state index contributed by atoms with van der Waals surface area (Å²) in [5.74, 6) is 2.65. The number of rotatable bonds is 7. The molecule has 8 aromatic rings. The van der Waals surface area contributed by atoms with Gasteiger partial charge >= 0.3 is 0 Å². The van der Waals surface area contributed by atoms with Crippen molar-refractivity contribution in [3.63, 3.8) is 0 Å². The quantitative estimate of drug-likeness (QED) is 0.149. The zero-order valence-corrected chi connectivity index (χ0v) is 46.1. The van der Waals surface area contributed by atoms with Crippen LogP contribution in [-0.2, 0) is 21.7 Å². The summed E-state index contributed by atoms with van der Waals surface area (Å²) >= 11 is 0. The highest BCUT2D eigenvalue weighted by Gasteiger charge is 2.47. The molecule has 1 aliphatic carbocycles. The zero-order valence-electron chi connectivity index (χ0n) is 45.1. The zero-order chi connectivity index (χ0) is 50.9. The van der Waals surface area contributed by atoms with E-state index >= 15 is 0 Å². The largest absolute Gasteiger partial charge is 0.457 e. The molecule has 6 aromatic carbocycles. The first kappa shape index (κ1) is 47.7. The molecule has 2 aliphatic heterocycles. The molecular weight excluding hydrogens is 893 g/mol. The van der Waals surface area contributed by atoms with Gasteiger partial charge in [0.05, 0.1) is 36.3 Å². The average molecular weight is 965 g/mol. The Morgan fingerprint density at radius 2 is 1.17 bits per heavy atom. The van der Waals surface area contributed by atoms with Crippen molar-refractivity contribution < 1.29 is 4.74 Å². The SMILES string of the molecule is CC(C)(C)c1cc(-c2cc(C(C)(C)C)cc(-c3ccccc3)c2N2CN(c3cccc(Oc4cc5c6c7c(n(-c8cc(C(C)(C)C)ccn8)c6c4)C=CCC7[Si]5(C)C)c3)c3ccccc32)cc(C(C)(C)C)c1. The molecular formula is C66H72N4OSi. The minimum absolute atomic E-state index is 0.0000504. The second kappa shape index (κ2) is 16.7. The molecule has 0 amide bonds. The monoisotopic (exact) mass is 965 g/mol. The maximum atomic E-state index is 7.12. The number of aromatic nitrogens is 2. The number of fused-ring (bicyclic) bond motifs is 1. The van der Waals surface area contributed by atoms with E-state index in [0.717, 1.165) is 35.1 Å². The maximum absolute atomic E-state index is 7.12. The van der Waals surface area contributed by atoms with Crippen LogP contribution in [0.1, 0.15) is 129 Å². The number of benzene rings is 6. The number of para-hydroxylation sites is 2. The van der Waals surface area contributed by atoms with Crippen molar-refractivity contribution in [1.82, 2.24) is 9.55 Å². The van der Waals surface area contributed by atoms with Gasteiger partial charge in [0.25, 0.3) is 0 Å². The summed E-state index contributed by atoms with van der Waals surface area (Å²) in [6.45, 7) is 33.6. The van der Waals surface area contributed by atoms with Gasteiger partial charge in [-0.2, -0.15) is 0 Å². The van der Waals surface area contributed by atoms with Crippen molar-refractivity contribution in [2.24, 2.45) is 0 Å². The lowest BCUT2D eigenvalue weighted by atomic mass is 9.77. The molecule has 0 radical (unpaired) electrons. The fourth-order valence-corrected chi connectivity index (χ4v) is 15.1. The van der Waals surface area contributed by atoms with Crippen molar-refractivity contribution in [3.05, 3.63) is 179 Å². The molecule has 4 heterocycles. The fraction of sp³-hybridized carbons (Fsp3) is 0.318. The van der Waals surface area contributed by atoms with E-state index in [4.69, 9.17) is 9.72 Å². The van der Waals surface area contributed by atoms with Crippen LogP contribution in [0.15, 0.2) is 146 Å². The van der Waals surface area contributed by atoms with Gasteiger partial charge in [-0.1, -0.05) is 169 Å². The highest BCUT2D eigenvalue weighted by atomic mass is 28.3. The number of ether oxygens (including phenoxy) is 1. The number of nitrogens with zero attached hydrogens (tertiary/aromatic N) is 4. The average Bonchev–Trinajstić information content (AvgIpc) is 3.96. The molecule has 1 unspecified atom stereocenters. The molecule has 72 heavy (non-hydrogen) atoms. The normalized spacial score (nSPS) is 16.2. The Kier molecular flexibility index (Phi) is 11.1. The predicted octanol–water partition coefficient (Wildman–Crippen LogP) is 17.6. The molecule has 2 aromatic heterocycles. The molecule has 0 spiro atoms. The number of pyridine rings is 1. The highest BCUT2D eigenvalue weighted by Crippen LogP contribution is 2.53. The first-order valence-electron chi connectivity index (χ1n) is 26.2. The van der Waals surface area contributed by atoms with E-state index in [1.54, 1.807) is 0 Å². The molecule has 0 bridgehead atoms. The van der Waals surface area contributed by atoms with Crippen LogP contribution < -0.4 is 19.7 Å². The Labute approximate surface area is 430 Å². The van der Waals surface area contributed by atoms with E-state index in [0.29, 0.717) is 12.2 Å². The molecule has 11 rings (SSSR count). The second-order valence-corrected chi connectivity index (χ2v) is 30.2. The minimum atomic E-state index is -1.90. The Morgan fingerprint density at radius 1 is 0.556 bits per heavy atom. The standard InChI is InChI=1S/C66H72N4OSi/c1-63(2,3)44-30-31-67-59(37-44)70-55-28-21-29-57-60(55)61-56(70)39-50(40-58(61)72(57,13)14)71-49-25-20-24-48(38-49)68-41-69(54-27-19-18-26-53(54)68)62-51(42-22-16-15-17-23-42)35-47(66(10,11)12)36-52(62)43-32-45(64(4,5)6)34-46(33-43)65(7,8)9/h15-28,30-40,57H,29,41H2,1-14H3. The lowest BCUT2D eigenvalue weighted by Gasteiger charge is -2.31. The van der Waals surface area contributed by atoms with Crippen LogP contribution in [0.3, 0.4) is 0 Å². The smallest absolute Gasteiger partial charge is 0.137 e. The van der Waals surface area contributed by atoms with Gasteiger partial charge < -0.3 is 14.5 Å². The lowest BCUT2D eigenvalue weighted by Crippen LogP contribution is -2.44. The summed E-state index contributed by atoms with van der Waals surface area (Å²) in [4.78, 5) is 10.1. The maximum Gasteiger partial charge on any atom is 0.137 e. The second-order valence-electron chi connectivity index (χ2n) is 25.5. The van der Waals surface area contributed by atoms with Gasteiger partial charge in [0.2, 0.25) is 0 Å². The van der Waals surface area contributed by atoms with Crippen LogP contribution >= 0.6 is 0 Å². The summed E-state index contributed by atoms with van der Waals surface area (Å²) in [5, 5.41) is 2.90. The van der Waals surface area contributed by atoms with Gasteiger partial charge in [-0.3, -0.25) is 4.57 Å². The minimum Gasteiger partial charge on any atom is -0.457 e. The summed E-state index contributed by atoms with van der Waals surface area (Å²) in [6.07, 6.45) is 7.80.